The van der Waals surface area contributed by atoms with Gasteiger partial charge >= 0.3 is 5.97 Å². The summed E-state index contributed by atoms with van der Waals surface area (Å²) in [6.45, 7) is -0.0769. The zero-order chi connectivity index (χ0) is 14.9. The van der Waals surface area contributed by atoms with Gasteiger partial charge in [0, 0.05) is 13.0 Å². The first kappa shape index (κ1) is 14.1. The fourth-order valence-corrected chi connectivity index (χ4v) is 2.24. The van der Waals surface area contributed by atoms with E-state index in [4.69, 9.17) is 9.84 Å². The molecular weight excluding hydrogens is 266 g/mol. The van der Waals surface area contributed by atoms with Crippen LogP contribution in [-0.2, 0) is 4.79 Å². The van der Waals surface area contributed by atoms with Gasteiger partial charge < -0.3 is 25.0 Å². The van der Waals surface area contributed by atoms with E-state index in [1.54, 1.807) is 0 Å². The van der Waals surface area contributed by atoms with Gasteiger partial charge in [0.1, 0.15) is 17.5 Å². The SMILES string of the molecule is COc1ccc(O)c(C(=O)N2CC(O)C[C@H]2C(=O)O)c1. The number of aliphatic hydroxyl groups is 1. The van der Waals surface area contributed by atoms with Crippen LogP contribution >= 0.6 is 0 Å². The number of phenols is 1. The summed E-state index contributed by atoms with van der Waals surface area (Å²) in [5.41, 5.74) is -0.0512. The van der Waals surface area contributed by atoms with E-state index in [1.807, 2.05) is 0 Å². The number of benzene rings is 1. The van der Waals surface area contributed by atoms with Crippen molar-refractivity contribution in [1.82, 2.24) is 4.90 Å². The molecule has 1 aliphatic rings. The lowest BCUT2D eigenvalue weighted by atomic mass is 10.1. The summed E-state index contributed by atoms with van der Waals surface area (Å²) >= 11 is 0. The minimum absolute atomic E-state index is 0.0220. The standard InChI is InChI=1S/C13H15NO6/c1-20-8-2-3-11(16)9(5-8)12(17)14-6-7(15)4-10(14)13(18)19/h2-3,5,7,10,15-16H,4,6H2,1H3,(H,18,19)/t7?,10-/m0/s1. The molecule has 1 aliphatic heterocycles. The zero-order valence-electron chi connectivity index (χ0n) is 10.8. The third-order valence-electron chi connectivity index (χ3n) is 3.26. The second-order valence-electron chi connectivity index (χ2n) is 4.58. The van der Waals surface area contributed by atoms with Crippen molar-refractivity contribution in [2.45, 2.75) is 18.6 Å². The molecule has 1 unspecified atom stereocenters. The second kappa shape index (κ2) is 5.38. The number of ether oxygens (including phenoxy) is 1. The Morgan fingerprint density at radius 3 is 2.70 bits per heavy atom. The summed E-state index contributed by atoms with van der Waals surface area (Å²) in [6, 6.07) is 3.03. The average molecular weight is 281 g/mol. The number of aliphatic hydroxyl groups excluding tert-OH is 1. The Balaban J connectivity index is 2.33. The highest BCUT2D eigenvalue weighted by molar-refractivity contribution is 5.99. The highest BCUT2D eigenvalue weighted by Gasteiger charge is 2.39. The largest absolute Gasteiger partial charge is 0.507 e. The quantitative estimate of drug-likeness (QED) is 0.723. The zero-order valence-corrected chi connectivity index (χ0v) is 10.8. The number of rotatable bonds is 3. The molecule has 0 aliphatic carbocycles. The lowest BCUT2D eigenvalue weighted by Crippen LogP contribution is -2.40. The molecule has 0 saturated carbocycles. The van der Waals surface area contributed by atoms with Crippen LogP contribution in [0.5, 0.6) is 11.5 Å². The van der Waals surface area contributed by atoms with Gasteiger partial charge in [0.05, 0.1) is 18.8 Å². The van der Waals surface area contributed by atoms with E-state index in [2.05, 4.69) is 0 Å². The summed E-state index contributed by atoms with van der Waals surface area (Å²) in [6.07, 6.45) is -0.904. The number of phenolic OH excluding ortho intramolecular Hbond substituents is 1. The van der Waals surface area contributed by atoms with Crippen molar-refractivity contribution in [3.63, 3.8) is 0 Å². The monoisotopic (exact) mass is 281 g/mol. The molecule has 0 bridgehead atoms. The molecule has 0 spiro atoms. The van der Waals surface area contributed by atoms with Crippen LogP contribution in [0.2, 0.25) is 0 Å². The molecule has 1 aromatic rings. The van der Waals surface area contributed by atoms with E-state index in [0.29, 0.717) is 5.75 Å². The fourth-order valence-electron chi connectivity index (χ4n) is 2.24. The molecule has 1 saturated heterocycles. The lowest BCUT2D eigenvalue weighted by molar-refractivity contribution is -0.141. The maximum Gasteiger partial charge on any atom is 0.326 e. The minimum Gasteiger partial charge on any atom is -0.507 e. The van der Waals surface area contributed by atoms with E-state index >= 15 is 0 Å². The number of nitrogens with zero attached hydrogens (tertiary/aromatic N) is 1. The summed E-state index contributed by atoms with van der Waals surface area (Å²) < 4.78 is 4.97. The van der Waals surface area contributed by atoms with E-state index in [9.17, 15) is 19.8 Å². The molecule has 3 N–H and O–H groups in total. The smallest absolute Gasteiger partial charge is 0.326 e. The van der Waals surface area contributed by atoms with Gasteiger partial charge in [0.25, 0.3) is 5.91 Å². The van der Waals surface area contributed by atoms with Crippen LogP contribution in [0, 0.1) is 0 Å². The molecule has 108 valence electrons. The average Bonchev–Trinajstić information content (AvgIpc) is 2.81. The number of aromatic hydroxyl groups is 1. The summed E-state index contributed by atoms with van der Waals surface area (Å²) in [7, 11) is 1.42. The highest BCUT2D eigenvalue weighted by atomic mass is 16.5. The number of aliphatic carboxylic acids is 1. The number of carboxylic acid groups (broad SMARTS) is 1. The lowest BCUT2D eigenvalue weighted by Gasteiger charge is -2.21. The highest BCUT2D eigenvalue weighted by Crippen LogP contribution is 2.27. The molecule has 0 radical (unpaired) electrons. The van der Waals surface area contributed by atoms with Gasteiger partial charge in [-0.15, -0.1) is 0 Å². The first-order valence-electron chi connectivity index (χ1n) is 6.03. The van der Waals surface area contributed by atoms with Gasteiger partial charge in [0.2, 0.25) is 0 Å². The van der Waals surface area contributed by atoms with Crippen molar-refractivity contribution in [3.05, 3.63) is 23.8 Å². The van der Waals surface area contributed by atoms with Gasteiger partial charge in [0.15, 0.2) is 0 Å². The van der Waals surface area contributed by atoms with Crippen LogP contribution in [0.25, 0.3) is 0 Å². The normalized spacial score (nSPS) is 21.8. The van der Waals surface area contributed by atoms with Crippen molar-refractivity contribution in [2.24, 2.45) is 0 Å². The van der Waals surface area contributed by atoms with E-state index < -0.39 is 24.0 Å². The molecule has 7 heteroatoms. The number of amides is 1. The maximum atomic E-state index is 12.3. The molecule has 1 fully saturated rings. The first-order valence-corrected chi connectivity index (χ1v) is 6.03. The number of hydrogen-bond donors (Lipinski definition) is 3. The van der Waals surface area contributed by atoms with Gasteiger partial charge in [-0.25, -0.2) is 4.79 Å². The Kier molecular flexibility index (Phi) is 3.80. The predicted molar refractivity (Wildman–Crippen MR) is 67.7 cm³/mol. The topological polar surface area (TPSA) is 107 Å². The van der Waals surface area contributed by atoms with Crippen LogP contribution < -0.4 is 4.74 Å². The summed E-state index contributed by atoms with van der Waals surface area (Å²) in [5.74, 6) is -1.72. The molecule has 1 amide bonds. The van der Waals surface area contributed by atoms with Crippen LogP contribution in [0.15, 0.2) is 18.2 Å². The third kappa shape index (κ3) is 2.53. The van der Waals surface area contributed by atoms with Crippen LogP contribution in [0.4, 0.5) is 0 Å². The number of carbonyl (C=O) groups excluding carboxylic acids is 1. The third-order valence-corrected chi connectivity index (χ3v) is 3.26. The van der Waals surface area contributed by atoms with Gasteiger partial charge in [-0.1, -0.05) is 0 Å². The minimum atomic E-state index is -1.18. The maximum absolute atomic E-state index is 12.3. The van der Waals surface area contributed by atoms with E-state index in [-0.39, 0.29) is 24.3 Å². The number of hydrogen-bond acceptors (Lipinski definition) is 5. The summed E-state index contributed by atoms with van der Waals surface area (Å²) in [5, 5.41) is 28.4. The van der Waals surface area contributed by atoms with Gasteiger partial charge in [-0.05, 0) is 18.2 Å². The second-order valence-corrected chi connectivity index (χ2v) is 4.58. The Bertz CT molecular complexity index is 544. The molecule has 2 rings (SSSR count). The van der Waals surface area contributed by atoms with E-state index in [0.717, 1.165) is 4.90 Å². The first-order chi connectivity index (χ1) is 9.43. The predicted octanol–water partition coefficient (Wildman–Crippen LogP) is 0.0608. The number of carbonyl (C=O) groups is 2. The summed E-state index contributed by atoms with van der Waals surface area (Å²) in [4.78, 5) is 24.5. The fraction of sp³-hybridized carbons (Fsp3) is 0.385. The van der Waals surface area contributed by atoms with Crippen molar-refractivity contribution >= 4 is 11.9 Å². The molecule has 1 aromatic carbocycles. The molecule has 20 heavy (non-hydrogen) atoms. The number of β-amino-alcohol motifs (C(OH)–C–C–N with tert-alkyl or cyclic N) is 1. The molecule has 1 heterocycles. The van der Waals surface area contributed by atoms with Crippen LogP contribution in [0.1, 0.15) is 16.8 Å². The Labute approximate surface area is 115 Å². The van der Waals surface area contributed by atoms with Crippen LogP contribution in [0.3, 0.4) is 0 Å². The van der Waals surface area contributed by atoms with Crippen LogP contribution in [-0.4, -0.2) is 57.9 Å². The van der Waals surface area contributed by atoms with E-state index in [1.165, 1.54) is 25.3 Å². The Hall–Kier alpha value is -2.28. The molecule has 7 nitrogen and oxygen atoms in total. The Morgan fingerprint density at radius 1 is 1.40 bits per heavy atom. The molecular formula is C13H15NO6. The molecule has 2 atom stereocenters. The van der Waals surface area contributed by atoms with Crippen molar-refractivity contribution < 1.29 is 29.6 Å². The number of carboxylic acids is 1. The van der Waals surface area contributed by atoms with Gasteiger partial charge in [-0.2, -0.15) is 0 Å². The number of likely N-dealkylation sites (tertiary alicyclic amines) is 1. The van der Waals surface area contributed by atoms with Crippen molar-refractivity contribution in [1.29, 1.82) is 0 Å². The van der Waals surface area contributed by atoms with Gasteiger partial charge in [-0.3, -0.25) is 4.79 Å². The molecule has 0 aromatic heterocycles. The Morgan fingerprint density at radius 2 is 2.10 bits per heavy atom. The van der Waals surface area contributed by atoms with Crippen molar-refractivity contribution in [3.8, 4) is 11.5 Å². The number of methoxy groups -OCH3 is 1. The van der Waals surface area contributed by atoms with Crippen molar-refractivity contribution in [2.75, 3.05) is 13.7 Å².